The molecule has 3 aromatic rings. The molecule has 0 radical (unpaired) electrons. The van der Waals surface area contributed by atoms with Gasteiger partial charge in [-0.3, -0.25) is 10.1 Å². The summed E-state index contributed by atoms with van der Waals surface area (Å²) >= 11 is 1.28. The number of ether oxygens (including phenoxy) is 2. The lowest BCUT2D eigenvalue weighted by molar-refractivity contribution is -0.137. The Bertz CT molecular complexity index is 1080. The first-order valence-electron chi connectivity index (χ1n) is 8.63. The van der Waals surface area contributed by atoms with E-state index in [-0.39, 0.29) is 12.4 Å². The van der Waals surface area contributed by atoms with Crippen LogP contribution in [0.15, 0.2) is 42.5 Å². The summed E-state index contributed by atoms with van der Waals surface area (Å²) in [6, 6.07) is 9.94. The molecule has 0 saturated heterocycles. The number of carbonyl (C=O) groups is 1. The number of thiazole rings is 1. The molecule has 0 spiro atoms. The van der Waals surface area contributed by atoms with Gasteiger partial charge in [-0.2, -0.15) is 13.2 Å². The summed E-state index contributed by atoms with van der Waals surface area (Å²) in [6.07, 6.45) is -3.93. The van der Waals surface area contributed by atoms with Crippen molar-refractivity contribution < 1.29 is 27.4 Å². The predicted molar refractivity (Wildman–Crippen MR) is 102 cm³/mol. The third-order valence-electron chi connectivity index (χ3n) is 4.37. The minimum Gasteiger partial charge on any atom is -0.454 e. The van der Waals surface area contributed by atoms with Crippen molar-refractivity contribution in [2.24, 2.45) is 0 Å². The molecule has 0 bridgehead atoms. The number of hydrogen-bond acceptors (Lipinski definition) is 5. The van der Waals surface area contributed by atoms with E-state index in [0.717, 1.165) is 28.3 Å². The molecule has 1 aliphatic heterocycles. The van der Waals surface area contributed by atoms with Gasteiger partial charge in [-0.25, -0.2) is 4.98 Å². The summed E-state index contributed by atoms with van der Waals surface area (Å²) in [7, 11) is 0. The van der Waals surface area contributed by atoms with Crippen molar-refractivity contribution in [2.45, 2.75) is 19.5 Å². The van der Waals surface area contributed by atoms with Crippen molar-refractivity contribution in [3.05, 3.63) is 69.7 Å². The number of aryl methyl sites for hydroxylation is 1. The highest BCUT2D eigenvalue weighted by atomic mass is 32.1. The van der Waals surface area contributed by atoms with E-state index in [0.29, 0.717) is 23.1 Å². The maximum Gasteiger partial charge on any atom is 0.416 e. The summed E-state index contributed by atoms with van der Waals surface area (Å²) < 4.78 is 49.2. The van der Waals surface area contributed by atoms with Crippen molar-refractivity contribution >= 4 is 22.4 Å². The number of nitrogens with one attached hydrogen (secondary N) is 1. The number of hydrogen-bond donors (Lipinski definition) is 1. The Kier molecular flexibility index (Phi) is 4.91. The van der Waals surface area contributed by atoms with Crippen LogP contribution in [0.1, 0.15) is 32.1 Å². The maximum absolute atomic E-state index is 12.8. The third kappa shape index (κ3) is 4.19. The summed E-state index contributed by atoms with van der Waals surface area (Å²) in [5.74, 6) is 0.742. The van der Waals surface area contributed by atoms with Crippen LogP contribution in [-0.4, -0.2) is 17.7 Å². The standard InChI is InChI=1S/C20H15F3N2O3S/c1-11-17(8-12-5-6-15-16(7-12)28-10-27-15)29-19(24-11)25-18(26)13-3-2-4-14(9-13)20(21,22)23/h2-7,9H,8,10H2,1H3,(H,24,25,26). The molecule has 1 aromatic heterocycles. The second kappa shape index (κ2) is 7.40. The third-order valence-corrected chi connectivity index (χ3v) is 5.44. The number of halogens is 3. The van der Waals surface area contributed by atoms with Gasteiger partial charge in [-0.15, -0.1) is 11.3 Å². The number of nitrogens with zero attached hydrogens (tertiary/aromatic N) is 1. The van der Waals surface area contributed by atoms with Gasteiger partial charge in [-0.1, -0.05) is 12.1 Å². The van der Waals surface area contributed by atoms with Crippen LogP contribution in [0.3, 0.4) is 0 Å². The lowest BCUT2D eigenvalue weighted by Gasteiger charge is -2.08. The lowest BCUT2D eigenvalue weighted by atomic mass is 10.1. The number of alkyl halides is 3. The van der Waals surface area contributed by atoms with Crippen LogP contribution >= 0.6 is 11.3 Å². The van der Waals surface area contributed by atoms with Crippen LogP contribution in [0.5, 0.6) is 11.5 Å². The summed E-state index contributed by atoms with van der Waals surface area (Å²) in [5.41, 5.74) is 0.790. The van der Waals surface area contributed by atoms with Gasteiger partial charge < -0.3 is 9.47 Å². The predicted octanol–water partition coefficient (Wildman–Crippen LogP) is 5.04. The summed E-state index contributed by atoms with van der Waals surface area (Å²) in [4.78, 5) is 17.6. The molecule has 2 aromatic carbocycles. The van der Waals surface area contributed by atoms with E-state index in [2.05, 4.69) is 10.3 Å². The minimum absolute atomic E-state index is 0.0787. The molecule has 0 aliphatic carbocycles. The minimum atomic E-state index is -4.51. The van der Waals surface area contributed by atoms with Crippen molar-refractivity contribution in [3.8, 4) is 11.5 Å². The molecule has 0 fully saturated rings. The van der Waals surface area contributed by atoms with Gasteiger partial charge in [0.1, 0.15) is 0 Å². The van der Waals surface area contributed by atoms with Crippen molar-refractivity contribution in [1.82, 2.24) is 4.98 Å². The molecule has 1 amide bonds. The number of amides is 1. The number of benzene rings is 2. The molecule has 150 valence electrons. The average molecular weight is 420 g/mol. The van der Waals surface area contributed by atoms with Gasteiger partial charge in [0.05, 0.1) is 11.3 Å². The first kappa shape index (κ1) is 19.3. The molecule has 29 heavy (non-hydrogen) atoms. The normalized spacial score (nSPS) is 12.8. The van der Waals surface area contributed by atoms with Gasteiger partial charge in [0.25, 0.3) is 5.91 Å². The fourth-order valence-corrected chi connectivity index (χ4v) is 3.88. The second-order valence-corrected chi connectivity index (χ2v) is 7.51. The average Bonchev–Trinajstić information content (AvgIpc) is 3.27. The Morgan fingerprint density at radius 2 is 1.97 bits per heavy atom. The van der Waals surface area contributed by atoms with E-state index in [1.165, 1.54) is 23.5 Å². The molecule has 4 rings (SSSR count). The molecule has 9 heteroatoms. The van der Waals surface area contributed by atoms with Crippen LogP contribution in [0, 0.1) is 6.92 Å². The van der Waals surface area contributed by atoms with Gasteiger partial charge in [0.2, 0.25) is 6.79 Å². The van der Waals surface area contributed by atoms with E-state index in [1.54, 1.807) is 0 Å². The van der Waals surface area contributed by atoms with E-state index in [9.17, 15) is 18.0 Å². The van der Waals surface area contributed by atoms with E-state index in [4.69, 9.17) is 9.47 Å². The van der Waals surface area contributed by atoms with E-state index < -0.39 is 17.6 Å². The fourth-order valence-electron chi connectivity index (χ4n) is 2.89. The summed E-state index contributed by atoms with van der Waals surface area (Å²) in [6.45, 7) is 2.02. The van der Waals surface area contributed by atoms with Gasteiger partial charge >= 0.3 is 6.18 Å². The van der Waals surface area contributed by atoms with Gasteiger partial charge in [-0.05, 0) is 42.8 Å². The Labute approximate surface area is 168 Å². The Balaban J connectivity index is 1.49. The lowest BCUT2D eigenvalue weighted by Crippen LogP contribution is -2.13. The van der Waals surface area contributed by atoms with Crippen LogP contribution in [0.4, 0.5) is 18.3 Å². The van der Waals surface area contributed by atoms with E-state index in [1.807, 2.05) is 25.1 Å². The number of fused-ring (bicyclic) bond motifs is 1. The molecule has 1 N–H and O–H groups in total. The zero-order chi connectivity index (χ0) is 20.6. The van der Waals surface area contributed by atoms with Gasteiger partial charge in [0.15, 0.2) is 16.6 Å². The van der Waals surface area contributed by atoms with Crippen molar-refractivity contribution in [3.63, 3.8) is 0 Å². The van der Waals surface area contributed by atoms with Crippen LogP contribution in [-0.2, 0) is 12.6 Å². The van der Waals surface area contributed by atoms with Crippen LogP contribution in [0.25, 0.3) is 0 Å². The highest BCUT2D eigenvalue weighted by molar-refractivity contribution is 7.15. The molecule has 0 saturated carbocycles. The topological polar surface area (TPSA) is 60.5 Å². The van der Waals surface area contributed by atoms with Crippen molar-refractivity contribution in [2.75, 3.05) is 12.1 Å². The number of aromatic nitrogens is 1. The van der Waals surface area contributed by atoms with Crippen LogP contribution in [0.2, 0.25) is 0 Å². The monoisotopic (exact) mass is 420 g/mol. The quantitative estimate of drug-likeness (QED) is 0.642. The smallest absolute Gasteiger partial charge is 0.416 e. The number of rotatable bonds is 4. The first-order chi connectivity index (χ1) is 13.8. The number of anilines is 1. The molecule has 2 heterocycles. The molecular weight excluding hydrogens is 405 g/mol. The van der Waals surface area contributed by atoms with Crippen molar-refractivity contribution in [1.29, 1.82) is 0 Å². The highest BCUT2D eigenvalue weighted by Gasteiger charge is 2.31. The van der Waals surface area contributed by atoms with Gasteiger partial charge in [0, 0.05) is 16.9 Å². The zero-order valence-corrected chi connectivity index (χ0v) is 16.0. The molecule has 0 unspecified atom stereocenters. The molecular formula is C20H15F3N2O3S. The largest absolute Gasteiger partial charge is 0.454 e. The molecule has 0 atom stereocenters. The SMILES string of the molecule is Cc1nc(NC(=O)c2cccc(C(F)(F)F)c2)sc1Cc1ccc2c(c1)OCO2. The highest BCUT2D eigenvalue weighted by Crippen LogP contribution is 2.34. The molecule has 5 nitrogen and oxygen atoms in total. The Morgan fingerprint density at radius 1 is 1.17 bits per heavy atom. The molecule has 1 aliphatic rings. The zero-order valence-electron chi connectivity index (χ0n) is 15.2. The Morgan fingerprint density at radius 3 is 2.76 bits per heavy atom. The van der Waals surface area contributed by atoms with Crippen LogP contribution < -0.4 is 14.8 Å². The second-order valence-electron chi connectivity index (χ2n) is 6.42. The first-order valence-corrected chi connectivity index (χ1v) is 9.45. The Hall–Kier alpha value is -3.07. The maximum atomic E-state index is 12.8. The number of carbonyl (C=O) groups excluding carboxylic acids is 1. The fraction of sp³-hybridized carbons (Fsp3) is 0.200. The summed E-state index contributed by atoms with van der Waals surface area (Å²) in [5, 5.41) is 2.92. The van der Waals surface area contributed by atoms with E-state index >= 15 is 0 Å².